The molecule has 0 spiro atoms. The van der Waals surface area contributed by atoms with Crippen molar-refractivity contribution in [2.45, 2.75) is 64.7 Å². The number of benzene rings is 1. The van der Waals surface area contributed by atoms with Crippen molar-refractivity contribution in [2.24, 2.45) is 0 Å². The molecule has 0 unspecified atom stereocenters. The van der Waals surface area contributed by atoms with Gasteiger partial charge >= 0.3 is 0 Å². The van der Waals surface area contributed by atoms with Gasteiger partial charge in [-0.1, -0.05) is 11.6 Å². The summed E-state index contributed by atoms with van der Waals surface area (Å²) in [6, 6.07) is 3.75. The second-order valence-corrected chi connectivity index (χ2v) is 9.31. The van der Waals surface area contributed by atoms with Crippen molar-refractivity contribution in [3.8, 4) is 11.5 Å². The third-order valence-corrected chi connectivity index (χ3v) is 7.05. The van der Waals surface area contributed by atoms with Crippen molar-refractivity contribution < 1.29 is 23.8 Å². The summed E-state index contributed by atoms with van der Waals surface area (Å²) in [5.74, 6) is 0.869. The molecule has 0 radical (unpaired) electrons. The van der Waals surface area contributed by atoms with Crippen molar-refractivity contribution in [3.05, 3.63) is 45.3 Å². The number of ketones is 2. The molecule has 0 fully saturated rings. The summed E-state index contributed by atoms with van der Waals surface area (Å²) < 4.78 is 16.9. The number of hydrogen-bond donors (Lipinski definition) is 0. The van der Waals surface area contributed by atoms with Gasteiger partial charge in [-0.25, -0.2) is 0 Å². The zero-order valence-corrected chi connectivity index (χ0v) is 21.1. The number of carbonyl (C=O) groups excluding carboxylic acids is 2. The van der Waals surface area contributed by atoms with Crippen molar-refractivity contribution in [1.29, 1.82) is 0 Å². The molecule has 0 saturated heterocycles. The number of carbonyl (C=O) groups is 2. The Kier molecular flexibility index (Phi) is 7.99. The molecule has 7 heteroatoms. The van der Waals surface area contributed by atoms with Crippen LogP contribution in [0.1, 0.15) is 70.3 Å². The van der Waals surface area contributed by atoms with E-state index in [9.17, 15) is 9.59 Å². The predicted molar refractivity (Wildman–Crippen MR) is 131 cm³/mol. The Labute approximate surface area is 206 Å². The molecular formula is C27H34ClNO5. The van der Waals surface area contributed by atoms with E-state index in [0.29, 0.717) is 49.2 Å². The van der Waals surface area contributed by atoms with Crippen molar-refractivity contribution in [1.82, 2.24) is 4.90 Å². The quantitative estimate of drug-likeness (QED) is 0.423. The maximum atomic E-state index is 13.4. The molecule has 6 nitrogen and oxygen atoms in total. The van der Waals surface area contributed by atoms with E-state index in [-0.39, 0.29) is 11.6 Å². The number of halogens is 1. The largest absolute Gasteiger partial charge is 0.490 e. The first-order chi connectivity index (χ1) is 16.5. The van der Waals surface area contributed by atoms with Crippen LogP contribution in [0.4, 0.5) is 0 Å². The second-order valence-electron chi connectivity index (χ2n) is 8.90. The summed E-state index contributed by atoms with van der Waals surface area (Å²) in [5.41, 5.74) is 4.45. The lowest BCUT2D eigenvalue weighted by atomic mass is 9.71. The average Bonchev–Trinajstić information content (AvgIpc) is 2.82. The number of rotatable bonds is 9. The Bertz CT molecular complexity index is 984. The Morgan fingerprint density at radius 2 is 1.56 bits per heavy atom. The maximum absolute atomic E-state index is 13.4. The smallest absolute Gasteiger partial charge is 0.179 e. The molecule has 4 rings (SSSR count). The molecule has 0 atom stereocenters. The van der Waals surface area contributed by atoms with Gasteiger partial charge < -0.3 is 19.1 Å². The highest BCUT2D eigenvalue weighted by Crippen LogP contribution is 2.51. The van der Waals surface area contributed by atoms with Gasteiger partial charge in [-0.05, 0) is 63.6 Å². The molecule has 1 aromatic carbocycles. The first-order valence-electron chi connectivity index (χ1n) is 12.4. The lowest BCUT2D eigenvalue weighted by Gasteiger charge is -2.44. The van der Waals surface area contributed by atoms with E-state index in [1.807, 2.05) is 26.0 Å². The number of hydrogen-bond acceptors (Lipinski definition) is 6. The number of ether oxygens (including phenoxy) is 3. The van der Waals surface area contributed by atoms with Gasteiger partial charge in [0.15, 0.2) is 23.1 Å². The molecule has 34 heavy (non-hydrogen) atoms. The Morgan fingerprint density at radius 1 is 0.941 bits per heavy atom. The van der Waals surface area contributed by atoms with E-state index in [4.69, 9.17) is 25.8 Å². The van der Waals surface area contributed by atoms with Gasteiger partial charge in [0.25, 0.3) is 0 Å². The summed E-state index contributed by atoms with van der Waals surface area (Å²) in [6.45, 7) is 6.10. The van der Waals surface area contributed by atoms with E-state index in [1.54, 1.807) is 7.11 Å². The van der Waals surface area contributed by atoms with Gasteiger partial charge in [-0.15, -0.1) is 0 Å². The number of methoxy groups -OCH3 is 1. The number of Topliss-reactive ketones (excluding diaryl/α,β-unsaturated/α-hetero) is 2. The summed E-state index contributed by atoms with van der Waals surface area (Å²) in [6.07, 6.45) is 5.16. The SMILES string of the molecule is CCOc1cc(C2C3=C(CCCC3=O)N(CCCOC)C3=C2C(=O)CCC3)cc(Cl)c1OCC. The van der Waals surface area contributed by atoms with E-state index < -0.39 is 5.92 Å². The van der Waals surface area contributed by atoms with Gasteiger partial charge in [-0.3, -0.25) is 9.59 Å². The molecule has 3 aliphatic rings. The minimum Gasteiger partial charge on any atom is -0.490 e. The molecule has 2 aliphatic carbocycles. The van der Waals surface area contributed by atoms with E-state index in [1.165, 1.54) is 0 Å². The first-order valence-corrected chi connectivity index (χ1v) is 12.8. The van der Waals surface area contributed by atoms with Gasteiger partial charge in [0, 0.05) is 61.6 Å². The van der Waals surface area contributed by atoms with Crippen molar-refractivity contribution in [2.75, 3.05) is 33.5 Å². The lowest BCUT2D eigenvalue weighted by Crippen LogP contribution is -2.39. The molecule has 1 heterocycles. The minimum atomic E-state index is -0.420. The molecule has 0 saturated carbocycles. The van der Waals surface area contributed by atoms with Crippen molar-refractivity contribution in [3.63, 3.8) is 0 Å². The first kappa shape index (κ1) is 24.8. The fourth-order valence-corrected chi connectivity index (χ4v) is 5.76. The third-order valence-electron chi connectivity index (χ3n) is 6.77. The highest BCUT2D eigenvalue weighted by molar-refractivity contribution is 6.32. The zero-order valence-electron chi connectivity index (χ0n) is 20.4. The normalized spacial score (nSPS) is 18.9. The van der Waals surface area contributed by atoms with Crippen LogP contribution in [0, 0.1) is 0 Å². The van der Waals surface area contributed by atoms with Crippen LogP contribution >= 0.6 is 11.6 Å². The summed E-state index contributed by atoms with van der Waals surface area (Å²) >= 11 is 6.67. The van der Waals surface area contributed by atoms with Crippen LogP contribution in [0.2, 0.25) is 5.02 Å². The third kappa shape index (κ3) is 4.63. The van der Waals surface area contributed by atoms with Crippen LogP contribution in [0.5, 0.6) is 11.5 Å². The summed E-state index contributed by atoms with van der Waals surface area (Å²) in [7, 11) is 1.70. The number of nitrogens with zero attached hydrogens (tertiary/aromatic N) is 1. The van der Waals surface area contributed by atoms with Crippen LogP contribution in [-0.4, -0.2) is 49.9 Å². The summed E-state index contributed by atoms with van der Waals surface area (Å²) in [4.78, 5) is 29.1. The van der Waals surface area contributed by atoms with Crippen LogP contribution in [0.25, 0.3) is 0 Å². The van der Waals surface area contributed by atoms with Crippen LogP contribution < -0.4 is 9.47 Å². The monoisotopic (exact) mass is 487 g/mol. The molecule has 0 aromatic heterocycles. The van der Waals surface area contributed by atoms with Gasteiger partial charge in [-0.2, -0.15) is 0 Å². The van der Waals surface area contributed by atoms with Crippen LogP contribution in [0.3, 0.4) is 0 Å². The fraction of sp³-hybridized carbons (Fsp3) is 0.556. The molecule has 0 bridgehead atoms. The van der Waals surface area contributed by atoms with Crippen molar-refractivity contribution >= 4 is 23.2 Å². The van der Waals surface area contributed by atoms with Gasteiger partial charge in [0.05, 0.1) is 18.2 Å². The fourth-order valence-electron chi connectivity index (χ4n) is 5.49. The average molecular weight is 488 g/mol. The van der Waals surface area contributed by atoms with Gasteiger partial charge in [0.1, 0.15) is 0 Å². The molecule has 0 N–H and O–H groups in total. The highest BCUT2D eigenvalue weighted by atomic mass is 35.5. The minimum absolute atomic E-state index is 0.121. The second kappa shape index (κ2) is 11.0. The topological polar surface area (TPSA) is 65.1 Å². The molecular weight excluding hydrogens is 454 g/mol. The summed E-state index contributed by atoms with van der Waals surface area (Å²) in [5, 5.41) is 0.432. The highest BCUT2D eigenvalue weighted by Gasteiger charge is 2.43. The number of allylic oxidation sites excluding steroid dienone is 4. The van der Waals surface area contributed by atoms with E-state index in [0.717, 1.165) is 66.8 Å². The molecule has 0 amide bonds. The molecule has 1 aromatic rings. The van der Waals surface area contributed by atoms with E-state index in [2.05, 4.69) is 4.90 Å². The Hall–Kier alpha value is -2.31. The standard InChI is InChI=1S/C27H34ClNO5/c1-4-33-23-16-17(15-18(28)27(23)34-5-2)24-25-19(9-6-11-21(25)30)29(13-8-14-32-3)20-10-7-12-22(31)26(20)24/h15-16,24H,4-14H2,1-3H3. The molecule has 1 aliphatic heterocycles. The van der Waals surface area contributed by atoms with Crippen LogP contribution in [-0.2, 0) is 14.3 Å². The van der Waals surface area contributed by atoms with Crippen LogP contribution in [0.15, 0.2) is 34.7 Å². The Morgan fingerprint density at radius 3 is 2.12 bits per heavy atom. The predicted octanol–water partition coefficient (Wildman–Crippen LogP) is 5.59. The Balaban J connectivity index is 1.90. The lowest BCUT2D eigenvalue weighted by molar-refractivity contribution is -0.117. The van der Waals surface area contributed by atoms with E-state index >= 15 is 0 Å². The maximum Gasteiger partial charge on any atom is 0.179 e. The van der Waals surface area contributed by atoms with Gasteiger partial charge in [0.2, 0.25) is 0 Å². The zero-order chi connectivity index (χ0) is 24.2. The molecule has 184 valence electrons.